The van der Waals surface area contributed by atoms with E-state index in [1.54, 1.807) is 6.08 Å². The molecule has 0 bridgehead atoms. The zero-order valence-electron chi connectivity index (χ0n) is 6.28. The highest BCUT2D eigenvalue weighted by Crippen LogP contribution is 1.84. The molecule has 0 aromatic carbocycles. The molecular formula is C6H13NO3S. The summed E-state index contributed by atoms with van der Waals surface area (Å²) in [6.07, 6.45) is 2.23. The summed E-state index contributed by atoms with van der Waals surface area (Å²) in [7, 11) is -3.25. The Labute approximate surface area is 67.0 Å². The summed E-state index contributed by atoms with van der Waals surface area (Å²) in [5.41, 5.74) is 0. The summed E-state index contributed by atoms with van der Waals surface area (Å²) in [5, 5.41) is 8.32. The second-order valence-electron chi connectivity index (χ2n) is 2.01. The molecule has 0 saturated heterocycles. The van der Waals surface area contributed by atoms with Crippen LogP contribution in [0.3, 0.4) is 0 Å². The van der Waals surface area contributed by atoms with E-state index in [4.69, 9.17) is 5.11 Å². The van der Waals surface area contributed by atoms with Gasteiger partial charge < -0.3 is 5.11 Å². The normalized spacial score (nSPS) is 11.4. The molecule has 5 heteroatoms. The Morgan fingerprint density at radius 1 is 1.55 bits per heavy atom. The summed E-state index contributed by atoms with van der Waals surface area (Å²) < 4.78 is 23.9. The Morgan fingerprint density at radius 2 is 2.18 bits per heavy atom. The first-order chi connectivity index (χ1) is 5.12. The van der Waals surface area contributed by atoms with Crippen molar-refractivity contribution in [3.05, 3.63) is 12.7 Å². The van der Waals surface area contributed by atoms with Crippen molar-refractivity contribution in [2.45, 2.75) is 6.42 Å². The first-order valence-electron chi connectivity index (χ1n) is 3.31. The van der Waals surface area contributed by atoms with Crippen molar-refractivity contribution < 1.29 is 13.5 Å². The standard InChI is InChI=1S/C6H13NO3S/c1-2-3-4-7-11(9,10)6-5-8/h2,7-8H,1,3-6H2. The van der Waals surface area contributed by atoms with Crippen LogP contribution < -0.4 is 4.72 Å². The van der Waals surface area contributed by atoms with E-state index in [-0.39, 0.29) is 12.4 Å². The minimum atomic E-state index is -3.25. The molecule has 0 unspecified atom stereocenters. The van der Waals surface area contributed by atoms with Crippen LogP contribution in [0.1, 0.15) is 6.42 Å². The number of hydrogen-bond acceptors (Lipinski definition) is 3. The monoisotopic (exact) mass is 179 g/mol. The largest absolute Gasteiger partial charge is 0.395 e. The minimum absolute atomic E-state index is 0.232. The Morgan fingerprint density at radius 3 is 2.64 bits per heavy atom. The third-order valence-corrected chi connectivity index (χ3v) is 2.39. The zero-order chi connectivity index (χ0) is 8.74. The Bertz CT molecular complexity index is 198. The number of sulfonamides is 1. The highest BCUT2D eigenvalue weighted by molar-refractivity contribution is 7.89. The molecule has 0 spiro atoms. The Hall–Kier alpha value is -0.390. The molecule has 11 heavy (non-hydrogen) atoms. The lowest BCUT2D eigenvalue weighted by molar-refractivity contribution is 0.319. The molecule has 0 rings (SSSR count). The van der Waals surface area contributed by atoms with Crippen molar-refractivity contribution in [2.75, 3.05) is 18.9 Å². The molecule has 0 aliphatic rings. The maximum atomic E-state index is 10.8. The number of rotatable bonds is 6. The van der Waals surface area contributed by atoms with Gasteiger partial charge in [-0.15, -0.1) is 6.58 Å². The van der Waals surface area contributed by atoms with Crippen molar-refractivity contribution >= 4 is 10.0 Å². The summed E-state index contributed by atoms with van der Waals surface area (Å²) in [6, 6.07) is 0. The van der Waals surface area contributed by atoms with E-state index in [0.717, 1.165) is 0 Å². The van der Waals surface area contributed by atoms with Gasteiger partial charge in [0.15, 0.2) is 0 Å². The molecule has 0 fully saturated rings. The van der Waals surface area contributed by atoms with Crippen LogP contribution in [0.4, 0.5) is 0 Å². The second kappa shape index (κ2) is 5.29. The number of nitrogens with one attached hydrogen (secondary N) is 1. The molecular weight excluding hydrogens is 166 g/mol. The van der Waals surface area contributed by atoms with E-state index < -0.39 is 10.0 Å². The Kier molecular flexibility index (Phi) is 5.10. The minimum Gasteiger partial charge on any atom is -0.395 e. The molecule has 0 amide bonds. The fourth-order valence-corrected chi connectivity index (χ4v) is 1.32. The van der Waals surface area contributed by atoms with E-state index >= 15 is 0 Å². The van der Waals surface area contributed by atoms with E-state index in [0.29, 0.717) is 13.0 Å². The lowest BCUT2D eigenvalue weighted by Crippen LogP contribution is -2.28. The van der Waals surface area contributed by atoms with Gasteiger partial charge in [0.2, 0.25) is 10.0 Å². The topological polar surface area (TPSA) is 66.4 Å². The summed E-state index contributed by atoms with van der Waals surface area (Å²) in [4.78, 5) is 0. The van der Waals surface area contributed by atoms with Gasteiger partial charge in [-0.25, -0.2) is 13.1 Å². The average molecular weight is 179 g/mol. The maximum Gasteiger partial charge on any atom is 0.213 e. The molecule has 4 nitrogen and oxygen atoms in total. The van der Waals surface area contributed by atoms with Gasteiger partial charge in [-0.1, -0.05) is 6.08 Å². The summed E-state index contributed by atoms with van der Waals surface area (Å²) in [5.74, 6) is -0.232. The highest BCUT2D eigenvalue weighted by atomic mass is 32.2. The molecule has 0 atom stereocenters. The predicted molar refractivity (Wildman–Crippen MR) is 43.7 cm³/mol. The van der Waals surface area contributed by atoms with E-state index in [9.17, 15) is 8.42 Å². The molecule has 0 saturated carbocycles. The van der Waals surface area contributed by atoms with Gasteiger partial charge in [0.05, 0.1) is 12.4 Å². The lowest BCUT2D eigenvalue weighted by Gasteiger charge is -2.01. The van der Waals surface area contributed by atoms with Crippen LogP contribution in [-0.2, 0) is 10.0 Å². The molecule has 0 aromatic rings. The molecule has 0 aliphatic heterocycles. The second-order valence-corrected chi connectivity index (χ2v) is 3.94. The first-order valence-corrected chi connectivity index (χ1v) is 4.96. The van der Waals surface area contributed by atoms with E-state index in [1.807, 2.05) is 0 Å². The third-order valence-electron chi connectivity index (χ3n) is 1.03. The number of hydrogen-bond donors (Lipinski definition) is 2. The van der Waals surface area contributed by atoms with Crippen molar-refractivity contribution in [1.82, 2.24) is 4.72 Å². The fraction of sp³-hybridized carbons (Fsp3) is 0.667. The smallest absolute Gasteiger partial charge is 0.213 e. The Balaban J connectivity index is 3.64. The van der Waals surface area contributed by atoms with Gasteiger partial charge in [-0.05, 0) is 6.42 Å². The van der Waals surface area contributed by atoms with Crippen molar-refractivity contribution in [1.29, 1.82) is 0 Å². The van der Waals surface area contributed by atoms with Crippen LogP contribution in [-0.4, -0.2) is 32.4 Å². The third kappa shape index (κ3) is 6.03. The van der Waals surface area contributed by atoms with Crippen molar-refractivity contribution in [3.8, 4) is 0 Å². The van der Waals surface area contributed by atoms with Gasteiger partial charge in [0.1, 0.15) is 0 Å². The first kappa shape index (κ1) is 10.6. The number of aliphatic hydroxyl groups is 1. The van der Waals surface area contributed by atoms with Crippen molar-refractivity contribution in [3.63, 3.8) is 0 Å². The number of aliphatic hydroxyl groups excluding tert-OH is 1. The molecule has 2 N–H and O–H groups in total. The van der Waals surface area contributed by atoms with Crippen LogP contribution in [0.5, 0.6) is 0 Å². The molecule has 0 radical (unpaired) electrons. The van der Waals surface area contributed by atoms with Crippen LogP contribution in [0.2, 0.25) is 0 Å². The lowest BCUT2D eigenvalue weighted by atomic mass is 10.4. The van der Waals surface area contributed by atoms with Gasteiger partial charge in [0, 0.05) is 6.54 Å². The van der Waals surface area contributed by atoms with Gasteiger partial charge >= 0.3 is 0 Å². The maximum absolute atomic E-state index is 10.8. The summed E-state index contributed by atoms with van der Waals surface area (Å²) in [6.45, 7) is 3.45. The van der Waals surface area contributed by atoms with Crippen molar-refractivity contribution in [2.24, 2.45) is 0 Å². The SMILES string of the molecule is C=CCCNS(=O)(=O)CCO. The quantitative estimate of drug-likeness (QED) is 0.425. The van der Waals surface area contributed by atoms with Gasteiger partial charge in [-0.3, -0.25) is 0 Å². The van der Waals surface area contributed by atoms with Crippen LogP contribution in [0, 0.1) is 0 Å². The van der Waals surface area contributed by atoms with E-state index in [2.05, 4.69) is 11.3 Å². The molecule has 66 valence electrons. The molecule has 0 heterocycles. The summed E-state index contributed by atoms with van der Waals surface area (Å²) >= 11 is 0. The average Bonchev–Trinajstić information content (AvgIpc) is 1.87. The van der Waals surface area contributed by atoms with Crippen LogP contribution in [0.25, 0.3) is 0 Å². The van der Waals surface area contributed by atoms with Gasteiger partial charge in [-0.2, -0.15) is 0 Å². The highest BCUT2D eigenvalue weighted by Gasteiger charge is 2.06. The predicted octanol–water partition coefficient (Wildman–Crippen LogP) is -0.526. The molecule has 0 aliphatic carbocycles. The fourth-order valence-electron chi connectivity index (χ4n) is 0.509. The van der Waals surface area contributed by atoms with Crippen LogP contribution >= 0.6 is 0 Å². The van der Waals surface area contributed by atoms with E-state index in [1.165, 1.54) is 0 Å². The molecule has 0 aromatic heterocycles. The van der Waals surface area contributed by atoms with Crippen LogP contribution in [0.15, 0.2) is 12.7 Å². The van der Waals surface area contributed by atoms with Gasteiger partial charge in [0.25, 0.3) is 0 Å². The zero-order valence-corrected chi connectivity index (χ0v) is 7.10.